The van der Waals surface area contributed by atoms with Crippen molar-refractivity contribution >= 4 is 11.6 Å². The summed E-state index contributed by atoms with van der Waals surface area (Å²) in [6.45, 7) is 2.83. The molecule has 2 fully saturated rings. The number of amides is 1. The predicted molar refractivity (Wildman–Crippen MR) is 89.7 cm³/mol. The third kappa shape index (κ3) is 4.24. The van der Waals surface area contributed by atoms with E-state index in [1.165, 1.54) is 0 Å². The molecular weight excluding hydrogens is 292 g/mol. The average molecular weight is 318 g/mol. The highest BCUT2D eigenvalue weighted by molar-refractivity contribution is 5.99. The Labute approximate surface area is 137 Å². The van der Waals surface area contributed by atoms with Crippen LogP contribution in [0.3, 0.4) is 0 Å². The number of carbonyl (C=O) groups is 1. The van der Waals surface area contributed by atoms with Gasteiger partial charge in [-0.15, -0.1) is 0 Å². The molecule has 0 aliphatic carbocycles. The Bertz CT molecular complexity index is 529. The zero-order chi connectivity index (χ0) is 16.1. The van der Waals surface area contributed by atoms with Crippen molar-refractivity contribution in [2.45, 2.75) is 44.3 Å². The number of β-amino-alcohol motifs (C(OH)–C–C–N with tert-alkyl or cyclic N) is 1. The normalized spacial score (nSPS) is 24.7. The van der Waals surface area contributed by atoms with E-state index in [1.807, 2.05) is 24.3 Å². The topological polar surface area (TPSA) is 61.8 Å². The Morgan fingerprint density at radius 3 is 2.96 bits per heavy atom. The van der Waals surface area contributed by atoms with Crippen molar-refractivity contribution in [2.75, 3.05) is 31.6 Å². The minimum atomic E-state index is -0.396. The number of aliphatic hydroxyl groups excluding tert-OH is 1. The minimum absolute atomic E-state index is 0.00367. The van der Waals surface area contributed by atoms with Crippen molar-refractivity contribution in [3.63, 3.8) is 0 Å². The number of carbonyl (C=O) groups excluding carboxylic acids is 1. The van der Waals surface area contributed by atoms with E-state index in [4.69, 9.17) is 4.74 Å². The molecule has 5 nitrogen and oxygen atoms in total. The second-order valence-electron chi connectivity index (χ2n) is 6.44. The van der Waals surface area contributed by atoms with Gasteiger partial charge in [-0.3, -0.25) is 4.79 Å². The number of para-hydroxylation sites is 1. The van der Waals surface area contributed by atoms with Gasteiger partial charge >= 0.3 is 0 Å². The Kier molecular flexibility index (Phi) is 5.51. The van der Waals surface area contributed by atoms with E-state index in [2.05, 4.69) is 5.32 Å². The van der Waals surface area contributed by atoms with Gasteiger partial charge in [-0.05, 0) is 44.2 Å². The highest BCUT2D eigenvalue weighted by Gasteiger charge is 2.24. The number of aliphatic hydroxyl groups is 1. The molecule has 2 aliphatic heterocycles. The Morgan fingerprint density at radius 2 is 2.17 bits per heavy atom. The summed E-state index contributed by atoms with van der Waals surface area (Å²) in [5.41, 5.74) is 1.56. The number of ether oxygens (including phenoxy) is 1. The second kappa shape index (κ2) is 7.79. The number of hydrogen-bond donors (Lipinski definition) is 2. The molecule has 0 spiro atoms. The van der Waals surface area contributed by atoms with Gasteiger partial charge in [-0.25, -0.2) is 0 Å². The number of hydrogen-bond acceptors (Lipinski definition) is 4. The minimum Gasteiger partial charge on any atom is -0.391 e. The summed E-state index contributed by atoms with van der Waals surface area (Å²) < 4.78 is 5.63. The number of anilines is 1. The SMILES string of the molecule is O=C(c1ccccc1NCC[C@@H]1CCCO1)N1CCC[C@H](O)C1. The molecule has 2 N–H and O–H groups in total. The number of likely N-dealkylation sites (tertiary alicyclic amines) is 1. The van der Waals surface area contributed by atoms with Crippen molar-refractivity contribution in [3.8, 4) is 0 Å². The van der Waals surface area contributed by atoms with Crippen LogP contribution in [-0.2, 0) is 4.74 Å². The molecule has 3 rings (SSSR count). The van der Waals surface area contributed by atoms with E-state index in [1.54, 1.807) is 4.90 Å². The van der Waals surface area contributed by atoms with Gasteiger partial charge in [0.1, 0.15) is 0 Å². The molecule has 0 unspecified atom stereocenters. The number of nitrogens with one attached hydrogen (secondary N) is 1. The van der Waals surface area contributed by atoms with Crippen molar-refractivity contribution in [2.24, 2.45) is 0 Å². The molecule has 2 heterocycles. The summed E-state index contributed by atoms with van der Waals surface area (Å²) in [7, 11) is 0. The molecule has 2 atom stereocenters. The van der Waals surface area contributed by atoms with Crippen LogP contribution >= 0.6 is 0 Å². The maximum absolute atomic E-state index is 12.7. The first-order valence-corrected chi connectivity index (χ1v) is 8.66. The van der Waals surface area contributed by atoms with Gasteiger partial charge in [0.15, 0.2) is 0 Å². The molecule has 0 saturated carbocycles. The van der Waals surface area contributed by atoms with Gasteiger partial charge in [-0.1, -0.05) is 12.1 Å². The fourth-order valence-electron chi connectivity index (χ4n) is 3.37. The fourth-order valence-corrected chi connectivity index (χ4v) is 3.37. The molecule has 23 heavy (non-hydrogen) atoms. The number of nitrogens with zero attached hydrogens (tertiary/aromatic N) is 1. The summed E-state index contributed by atoms with van der Waals surface area (Å²) in [5, 5.41) is 13.2. The maximum Gasteiger partial charge on any atom is 0.256 e. The van der Waals surface area contributed by atoms with Crippen LogP contribution in [0.25, 0.3) is 0 Å². The van der Waals surface area contributed by atoms with Crippen LogP contribution < -0.4 is 5.32 Å². The molecule has 2 saturated heterocycles. The Morgan fingerprint density at radius 1 is 1.30 bits per heavy atom. The first-order chi connectivity index (χ1) is 11.2. The lowest BCUT2D eigenvalue weighted by atomic mass is 10.1. The third-order valence-electron chi connectivity index (χ3n) is 4.65. The average Bonchev–Trinajstić information content (AvgIpc) is 3.08. The van der Waals surface area contributed by atoms with Gasteiger partial charge in [-0.2, -0.15) is 0 Å². The standard InChI is InChI=1S/C18H26N2O3/c21-14-5-3-11-20(13-14)18(22)16-7-1-2-8-17(16)19-10-9-15-6-4-12-23-15/h1-2,7-8,14-15,19,21H,3-6,9-13H2/t14-,15-/m0/s1. The van der Waals surface area contributed by atoms with Crippen molar-refractivity contribution < 1.29 is 14.6 Å². The molecule has 0 bridgehead atoms. The molecule has 1 aromatic carbocycles. The summed E-state index contributed by atoms with van der Waals surface area (Å²) in [5.74, 6) is 0.00367. The van der Waals surface area contributed by atoms with E-state index in [9.17, 15) is 9.90 Å². The number of rotatable bonds is 5. The van der Waals surface area contributed by atoms with E-state index in [-0.39, 0.29) is 5.91 Å². The Balaban J connectivity index is 1.61. The van der Waals surface area contributed by atoms with Crippen LogP contribution in [0.2, 0.25) is 0 Å². The summed E-state index contributed by atoms with van der Waals surface area (Å²) in [6, 6.07) is 7.63. The number of benzene rings is 1. The zero-order valence-electron chi connectivity index (χ0n) is 13.5. The first kappa shape index (κ1) is 16.3. The van der Waals surface area contributed by atoms with Crippen LogP contribution in [0.4, 0.5) is 5.69 Å². The van der Waals surface area contributed by atoms with Gasteiger partial charge in [0.25, 0.3) is 5.91 Å². The maximum atomic E-state index is 12.7. The first-order valence-electron chi connectivity index (χ1n) is 8.66. The summed E-state index contributed by atoms with van der Waals surface area (Å²) in [6.07, 6.45) is 4.85. The zero-order valence-corrected chi connectivity index (χ0v) is 13.5. The smallest absolute Gasteiger partial charge is 0.256 e. The molecule has 5 heteroatoms. The van der Waals surface area contributed by atoms with Gasteiger partial charge in [0.2, 0.25) is 0 Å². The Hall–Kier alpha value is -1.59. The molecule has 0 aromatic heterocycles. The predicted octanol–water partition coefficient (Wildman–Crippen LogP) is 2.26. The largest absolute Gasteiger partial charge is 0.391 e. The van der Waals surface area contributed by atoms with Crippen molar-refractivity contribution in [1.82, 2.24) is 4.90 Å². The molecule has 1 aromatic rings. The van der Waals surface area contributed by atoms with E-state index in [0.717, 1.165) is 57.5 Å². The van der Waals surface area contributed by atoms with E-state index in [0.29, 0.717) is 18.2 Å². The number of piperidine rings is 1. The van der Waals surface area contributed by atoms with Gasteiger partial charge < -0.3 is 20.1 Å². The van der Waals surface area contributed by atoms with E-state index >= 15 is 0 Å². The highest BCUT2D eigenvalue weighted by atomic mass is 16.5. The fraction of sp³-hybridized carbons (Fsp3) is 0.611. The third-order valence-corrected chi connectivity index (χ3v) is 4.65. The lowest BCUT2D eigenvalue weighted by molar-refractivity contribution is 0.0474. The molecule has 126 valence electrons. The van der Waals surface area contributed by atoms with Crippen LogP contribution in [0.15, 0.2) is 24.3 Å². The monoisotopic (exact) mass is 318 g/mol. The molecule has 2 aliphatic rings. The van der Waals surface area contributed by atoms with Gasteiger partial charge in [0.05, 0.1) is 17.8 Å². The van der Waals surface area contributed by atoms with Crippen LogP contribution in [-0.4, -0.2) is 54.4 Å². The summed E-state index contributed by atoms with van der Waals surface area (Å²) >= 11 is 0. The quantitative estimate of drug-likeness (QED) is 0.874. The second-order valence-corrected chi connectivity index (χ2v) is 6.44. The van der Waals surface area contributed by atoms with Crippen LogP contribution in [0.1, 0.15) is 42.5 Å². The van der Waals surface area contributed by atoms with Crippen LogP contribution in [0.5, 0.6) is 0 Å². The lowest BCUT2D eigenvalue weighted by Gasteiger charge is -2.30. The van der Waals surface area contributed by atoms with E-state index < -0.39 is 6.10 Å². The molecular formula is C18H26N2O3. The van der Waals surface area contributed by atoms with Gasteiger partial charge in [0, 0.05) is 31.9 Å². The van der Waals surface area contributed by atoms with Crippen molar-refractivity contribution in [3.05, 3.63) is 29.8 Å². The van der Waals surface area contributed by atoms with Crippen molar-refractivity contribution in [1.29, 1.82) is 0 Å². The lowest BCUT2D eigenvalue weighted by Crippen LogP contribution is -2.42. The van der Waals surface area contributed by atoms with Crippen LogP contribution in [0, 0.1) is 0 Å². The molecule has 1 amide bonds. The molecule has 0 radical (unpaired) electrons. The highest BCUT2D eigenvalue weighted by Crippen LogP contribution is 2.21. The summed E-state index contributed by atoms with van der Waals surface area (Å²) in [4.78, 5) is 14.5.